The fraction of sp³-hybridized carbons (Fsp3) is 0.235. The van der Waals surface area contributed by atoms with Gasteiger partial charge in [0.05, 0.1) is 31.5 Å². The molecule has 4 heteroatoms. The molecule has 2 rings (SSSR count). The van der Waals surface area contributed by atoms with Crippen molar-refractivity contribution in [2.24, 2.45) is 0 Å². The van der Waals surface area contributed by atoms with Crippen LogP contribution < -0.4 is 9.47 Å². The van der Waals surface area contributed by atoms with Crippen molar-refractivity contribution in [3.05, 3.63) is 59.7 Å². The third kappa shape index (κ3) is 4.83. The lowest BCUT2D eigenvalue weighted by atomic mass is 10.2. The molecule has 0 unspecified atom stereocenters. The lowest BCUT2D eigenvalue weighted by Gasteiger charge is -2.09. The van der Waals surface area contributed by atoms with Gasteiger partial charge >= 0.3 is 0 Å². The van der Waals surface area contributed by atoms with Crippen LogP contribution in [0.5, 0.6) is 11.5 Å². The molecule has 0 spiro atoms. The van der Waals surface area contributed by atoms with Crippen LogP contribution in [0.4, 0.5) is 0 Å². The third-order valence-corrected chi connectivity index (χ3v) is 2.87. The maximum Gasteiger partial charge on any atom is 0.120 e. The predicted molar refractivity (Wildman–Crippen MR) is 79.1 cm³/mol. The van der Waals surface area contributed by atoms with Gasteiger partial charge < -0.3 is 14.6 Å². The first kappa shape index (κ1) is 14.9. The number of nitrogens with zero attached hydrogens (tertiary/aromatic N) is 1. The zero-order chi connectivity index (χ0) is 14.9. The molecule has 0 amide bonds. The van der Waals surface area contributed by atoms with E-state index in [-0.39, 0.29) is 6.61 Å². The SMILES string of the molecule is N#Cc1cccc(OCCCOc2cccc(CO)c2)c1. The molecule has 2 aromatic rings. The summed E-state index contributed by atoms with van der Waals surface area (Å²) >= 11 is 0. The highest BCUT2D eigenvalue weighted by Gasteiger charge is 1.98. The Morgan fingerprint density at radius 2 is 1.62 bits per heavy atom. The molecule has 0 atom stereocenters. The summed E-state index contributed by atoms with van der Waals surface area (Å²) in [5.74, 6) is 1.43. The maximum absolute atomic E-state index is 9.04. The molecule has 21 heavy (non-hydrogen) atoms. The minimum absolute atomic E-state index is 0.00947. The highest BCUT2D eigenvalue weighted by atomic mass is 16.5. The highest BCUT2D eigenvalue weighted by Crippen LogP contribution is 2.14. The molecule has 1 N–H and O–H groups in total. The number of hydrogen-bond acceptors (Lipinski definition) is 4. The summed E-state index contributed by atoms with van der Waals surface area (Å²) in [5.41, 5.74) is 1.42. The summed E-state index contributed by atoms with van der Waals surface area (Å²) in [4.78, 5) is 0. The van der Waals surface area contributed by atoms with Crippen LogP contribution in [0.1, 0.15) is 17.5 Å². The second-order valence-corrected chi connectivity index (χ2v) is 4.50. The summed E-state index contributed by atoms with van der Waals surface area (Å²) in [6.45, 7) is 1.07. The molecule has 0 aliphatic heterocycles. The van der Waals surface area contributed by atoms with E-state index < -0.39 is 0 Å². The van der Waals surface area contributed by atoms with Crippen LogP contribution in [0.15, 0.2) is 48.5 Å². The van der Waals surface area contributed by atoms with E-state index in [1.165, 1.54) is 0 Å². The second-order valence-electron chi connectivity index (χ2n) is 4.50. The fourth-order valence-corrected chi connectivity index (χ4v) is 1.83. The number of nitriles is 1. The van der Waals surface area contributed by atoms with Crippen molar-refractivity contribution in [2.75, 3.05) is 13.2 Å². The minimum atomic E-state index is 0.00947. The number of hydrogen-bond donors (Lipinski definition) is 1. The average molecular weight is 283 g/mol. The normalized spacial score (nSPS) is 9.90. The van der Waals surface area contributed by atoms with Crippen LogP contribution in [0.3, 0.4) is 0 Å². The molecule has 0 heterocycles. The van der Waals surface area contributed by atoms with E-state index in [0.717, 1.165) is 17.7 Å². The van der Waals surface area contributed by atoms with Gasteiger partial charge in [0, 0.05) is 6.42 Å². The molecule has 0 saturated heterocycles. The Labute approximate surface area is 124 Å². The lowest BCUT2D eigenvalue weighted by molar-refractivity contribution is 0.246. The molecule has 4 nitrogen and oxygen atoms in total. The Balaban J connectivity index is 1.71. The molecule has 0 radical (unpaired) electrons. The van der Waals surface area contributed by atoms with Gasteiger partial charge in [-0.2, -0.15) is 5.26 Å². The first-order chi connectivity index (χ1) is 10.3. The van der Waals surface area contributed by atoms with Crippen molar-refractivity contribution < 1.29 is 14.6 Å². The zero-order valence-corrected chi connectivity index (χ0v) is 11.7. The van der Waals surface area contributed by atoms with Crippen LogP contribution in [-0.2, 0) is 6.61 Å². The predicted octanol–water partition coefficient (Wildman–Crippen LogP) is 2.90. The van der Waals surface area contributed by atoms with Crippen LogP contribution in [0.2, 0.25) is 0 Å². The smallest absolute Gasteiger partial charge is 0.120 e. The summed E-state index contributed by atoms with van der Waals surface area (Å²) in [5, 5.41) is 17.8. The molecule has 0 aliphatic rings. The average Bonchev–Trinajstić information content (AvgIpc) is 2.55. The molecule has 108 valence electrons. The minimum Gasteiger partial charge on any atom is -0.493 e. The Hall–Kier alpha value is -2.51. The van der Waals surface area contributed by atoms with Gasteiger partial charge in [0.25, 0.3) is 0 Å². The first-order valence-corrected chi connectivity index (χ1v) is 6.77. The monoisotopic (exact) mass is 283 g/mol. The quantitative estimate of drug-likeness (QED) is 0.794. The number of rotatable bonds is 7. The highest BCUT2D eigenvalue weighted by molar-refractivity contribution is 5.36. The topological polar surface area (TPSA) is 62.5 Å². The van der Waals surface area contributed by atoms with E-state index in [1.54, 1.807) is 18.2 Å². The van der Waals surface area contributed by atoms with Crippen molar-refractivity contribution in [3.8, 4) is 17.6 Å². The van der Waals surface area contributed by atoms with Crippen LogP contribution in [-0.4, -0.2) is 18.3 Å². The standard InChI is InChI=1S/C17H17NO3/c18-12-14-4-1-6-16(10-14)20-8-3-9-21-17-7-2-5-15(11-17)13-19/h1-2,4-7,10-11,19H,3,8-9,13H2. The van der Waals surface area contributed by atoms with Crippen molar-refractivity contribution in [1.82, 2.24) is 0 Å². The van der Waals surface area contributed by atoms with Gasteiger partial charge in [0.2, 0.25) is 0 Å². The zero-order valence-electron chi connectivity index (χ0n) is 11.7. The van der Waals surface area contributed by atoms with Gasteiger partial charge in [0.15, 0.2) is 0 Å². The van der Waals surface area contributed by atoms with Gasteiger partial charge in [0.1, 0.15) is 11.5 Å². The van der Waals surface area contributed by atoms with E-state index in [4.69, 9.17) is 19.8 Å². The Morgan fingerprint density at radius 1 is 0.952 bits per heavy atom. The number of aliphatic hydroxyl groups is 1. The van der Waals surface area contributed by atoms with E-state index in [9.17, 15) is 0 Å². The lowest BCUT2D eigenvalue weighted by Crippen LogP contribution is -2.05. The Bertz CT molecular complexity index is 619. The molecule has 2 aromatic carbocycles. The molecule has 0 bridgehead atoms. The molecule has 0 aliphatic carbocycles. The van der Waals surface area contributed by atoms with Crippen LogP contribution in [0, 0.1) is 11.3 Å². The number of aliphatic hydroxyl groups excluding tert-OH is 1. The van der Waals surface area contributed by atoms with E-state index in [2.05, 4.69) is 6.07 Å². The van der Waals surface area contributed by atoms with Gasteiger partial charge in [-0.15, -0.1) is 0 Å². The van der Waals surface area contributed by atoms with E-state index in [0.29, 0.717) is 24.5 Å². The van der Waals surface area contributed by atoms with Crippen molar-refractivity contribution in [2.45, 2.75) is 13.0 Å². The summed E-state index contributed by atoms with van der Waals surface area (Å²) in [7, 11) is 0. The second kappa shape index (κ2) is 7.93. The van der Waals surface area contributed by atoms with Crippen LogP contribution >= 0.6 is 0 Å². The summed E-state index contributed by atoms with van der Waals surface area (Å²) in [6.07, 6.45) is 0.736. The van der Waals surface area contributed by atoms with Crippen molar-refractivity contribution in [3.63, 3.8) is 0 Å². The third-order valence-electron chi connectivity index (χ3n) is 2.87. The first-order valence-electron chi connectivity index (χ1n) is 6.77. The molecular formula is C17H17NO3. The van der Waals surface area contributed by atoms with E-state index >= 15 is 0 Å². The van der Waals surface area contributed by atoms with E-state index in [1.807, 2.05) is 30.3 Å². The summed E-state index contributed by atoms with van der Waals surface area (Å²) in [6, 6.07) is 16.5. The molecule has 0 fully saturated rings. The van der Waals surface area contributed by atoms with Gasteiger partial charge in [-0.25, -0.2) is 0 Å². The number of ether oxygens (including phenoxy) is 2. The molecular weight excluding hydrogens is 266 g/mol. The van der Waals surface area contributed by atoms with Gasteiger partial charge in [-0.05, 0) is 35.9 Å². The van der Waals surface area contributed by atoms with Crippen LogP contribution in [0.25, 0.3) is 0 Å². The van der Waals surface area contributed by atoms with Crippen molar-refractivity contribution in [1.29, 1.82) is 5.26 Å². The fourth-order valence-electron chi connectivity index (χ4n) is 1.83. The Kier molecular flexibility index (Phi) is 5.62. The Morgan fingerprint density at radius 3 is 2.29 bits per heavy atom. The molecule has 0 saturated carbocycles. The van der Waals surface area contributed by atoms with Gasteiger partial charge in [-0.1, -0.05) is 18.2 Å². The summed E-state index contributed by atoms with van der Waals surface area (Å²) < 4.78 is 11.1. The number of benzene rings is 2. The largest absolute Gasteiger partial charge is 0.493 e. The van der Waals surface area contributed by atoms with Gasteiger partial charge in [-0.3, -0.25) is 0 Å². The maximum atomic E-state index is 9.04. The van der Waals surface area contributed by atoms with Crippen molar-refractivity contribution >= 4 is 0 Å². The molecule has 0 aromatic heterocycles.